The van der Waals surface area contributed by atoms with Crippen molar-refractivity contribution >= 4 is 0 Å². The highest BCUT2D eigenvalue weighted by atomic mass is 16.5. The molecule has 1 aromatic rings. The minimum absolute atomic E-state index is 0.219. The number of aromatic hydroxyl groups is 1. The standard InChI is InChI=1S/C13H18NO2/c1-12(2)7-8-13(3,14(12)16)10-5-4-6-11(15)9-10/h4-6,9,15H,7-8H2,1-3H3/t13-/m0/s1. The van der Waals surface area contributed by atoms with Crippen LogP contribution < -0.4 is 0 Å². The molecule has 0 unspecified atom stereocenters. The van der Waals surface area contributed by atoms with E-state index >= 15 is 0 Å². The van der Waals surface area contributed by atoms with Gasteiger partial charge >= 0.3 is 0 Å². The van der Waals surface area contributed by atoms with Gasteiger partial charge in [-0.1, -0.05) is 12.1 Å². The lowest BCUT2D eigenvalue weighted by Gasteiger charge is -2.35. The fourth-order valence-electron chi connectivity index (χ4n) is 2.52. The summed E-state index contributed by atoms with van der Waals surface area (Å²) in [4.78, 5) is 0. The quantitative estimate of drug-likeness (QED) is 0.790. The summed E-state index contributed by atoms with van der Waals surface area (Å²) in [5, 5.41) is 23.0. The minimum Gasteiger partial charge on any atom is -0.508 e. The highest BCUT2D eigenvalue weighted by Crippen LogP contribution is 2.46. The van der Waals surface area contributed by atoms with Gasteiger partial charge in [0.25, 0.3) is 0 Å². The number of phenols is 1. The van der Waals surface area contributed by atoms with Crippen molar-refractivity contribution < 1.29 is 10.3 Å². The van der Waals surface area contributed by atoms with Gasteiger partial charge in [0.1, 0.15) is 5.75 Å². The van der Waals surface area contributed by atoms with Crippen molar-refractivity contribution in [2.24, 2.45) is 0 Å². The Bertz CT molecular complexity index is 403. The van der Waals surface area contributed by atoms with E-state index in [4.69, 9.17) is 0 Å². The van der Waals surface area contributed by atoms with Gasteiger partial charge in [-0.2, -0.15) is 0 Å². The molecule has 0 bridgehead atoms. The van der Waals surface area contributed by atoms with Crippen molar-refractivity contribution in [1.82, 2.24) is 5.06 Å². The second kappa shape index (κ2) is 3.47. The lowest BCUT2D eigenvalue weighted by Crippen LogP contribution is -2.44. The number of nitrogens with zero attached hydrogens (tertiary/aromatic N) is 1. The van der Waals surface area contributed by atoms with Crippen LogP contribution in [-0.4, -0.2) is 15.7 Å². The molecule has 3 heteroatoms. The molecule has 2 rings (SSSR count). The van der Waals surface area contributed by atoms with Crippen LogP contribution >= 0.6 is 0 Å². The number of hydroxylamine groups is 2. The topological polar surface area (TPSA) is 43.4 Å². The van der Waals surface area contributed by atoms with E-state index in [0.29, 0.717) is 0 Å². The van der Waals surface area contributed by atoms with E-state index in [1.54, 1.807) is 18.2 Å². The normalized spacial score (nSPS) is 29.5. The summed E-state index contributed by atoms with van der Waals surface area (Å²) in [6, 6.07) is 7.01. The summed E-state index contributed by atoms with van der Waals surface area (Å²) >= 11 is 0. The second-order valence-corrected chi connectivity index (χ2v) is 5.43. The van der Waals surface area contributed by atoms with Crippen molar-refractivity contribution in [3.63, 3.8) is 0 Å². The number of hydrogen-bond acceptors (Lipinski definition) is 2. The van der Waals surface area contributed by atoms with Crippen LogP contribution in [0.1, 0.15) is 39.2 Å². The van der Waals surface area contributed by atoms with Crippen LogP contribution in [0.25, 0.3) is 0 Å². The summed E-state index contributed by atoms with van der Waals surface area (Å²) in [5.74, 6) is 0.219. The Hall–Kier alpha value is -1.06. The molecule has 0 spiro atoms. The van der Waals surface area contributed by atoms with E-state index in [1.807, 2.05) is 26.8 Å². The van der Waals surface area contributed by atoms with Crippen LogP contribution in [0.5, 0.6) is 5.75 Å². The molecule has 1 aromatic carbocycles. The maximum absolute atomic E-state index is 12.3. The van der Waals surface area contributed by atoms with Gasteiger partial charge in [-0.25, -0.2) is 0 Å². The van der Waals surface area contributed by atoms with Gasteiger partial charge in [0.2, 0.25) is 0 Å². The van der Waals surface area contributed by atoms with Crippen LogP contribution in [0.3, 0.4) is 0 Å². The molecule has 1 aliphatic rings. The molecule has 3 nitrogen and oxygen atoms in total. The summed E-state index contributed by atoms with van der Waals surface area (Å²) in [6.07, 6.45) is 1.70. The van der Waals surface area contributed by atoms with Gasteiger partial charge in [-0.3, -0.25) is 0 Å². The van der Waals surface area contributed by atoms with Gasteiger partial charge in [0.15, 0.2) is 0 Å². The Labute approximate surface area is 96.3 Å². The number of rotatable bonds is 1. The Morgan fingerprint density at radius 2 is 1.94 bits per heavy atom. The van der Waals surface area contributed by atoms with Gasteiger partial charge in [0.05, 0.1) is 5.54 Å². The van der Waals surface area contributed by atoms with Crippen LogP contribution in [-0.2, 0) is 10.7 Å². The van der Waals surface area contributed by atoms with Crippen LogP contribution in [0, 0.1) is 0 Å². The van der Waals surface area contributed by atoms with E-state index in [9.17, 15) is 10.3 Å². The molecule has 0 amide bonds. The molecule has 1 aliphatic heterocycles. The lowest BCUT2D eigenvalue weighted by molar-refractivity contribution is -0.252. The van der Waals surface area contributed by atoms with E-state index in [0.717, 1.165) is 18.4 Å². The monoisotopic (exact) mass is 220 g/mol. The summed E-state index contributed by atoms with van der Waals surface area (Å²) in [5.41, 5.74) is 0.0655. The molecule has 1 saturated heterocycles. The van der Waals surface area contributed by atoms with E-state index in [2.05, 4.69) is 0 Å². The maximum Gasteiger partial charge on any atom is 0.115 e. The highest BCUT2D eigenvalue weighted by molar-refractivity contribution is 5.33. The summed E-state index contributed by atoms with van der Waals surface area (Å²) in [6.45, 7) is 5.88. The number of hydrogen-bond donors (Lipinski definition) is 1. The molecule has 0 aliphatic carbocycles. The molecule has 1 heterocycles. The zero-order chi connectivity index (χ0) is 12.0. The van der Waals surface area contributed by atoms with Gasteiger partial charge < -0.3 is 5.11 Å². The van der Waals surface area contributed by atoms with E-state index in [1.165, 1.54) is 5.06 Å². The molecule has 87 valence electrons. The molecule has 1 radical (unpaired) electrons. The fourth-order valence-corrected chi connectivity index (χ4v) is 2.52. The van der Waals surface area contributed by atoms with Gasteiger partial charge in [-0.05, 0) is 51.3 Å². The Kier molecular flexibility index (Phi) is 2.48. The first kappa shape index (κ1) is 11.4. The van der Waals surface area contributed by atoms with Gasteiger partial charge in [0, 0.05) is 5.54 Å². The zero-order valence-corrected chi connectivity index (χ0v) is 10.0. The Balaban J connectivity index is 2.41. The third-order valence-electron chi connectivity index (χ3n) is 3.69. The first-order valence-corrected chi connectivity index (χ1v) is 5.63. The molecule has 1 fully saturated rings. The molecule has 16 heavy (non-hydrogen) atoms. The average molecular weight is 220 g/mol. The highest BCUT2D eigenvalue weighted by Gasteiger charge is 2.49. The first-order chi connectivity index (χ1) is 7.36. The minimum atomic E-state index is -0.512. The van der Waals surface area contributed by atoms with E-state index in [-0.39, 0.29) is 11.3 Å². The molecule has 0 aromatic heterocycles. The Morgan fingerprint density at radius 1 is 1.25 bits per heavy atom. The SMILES string of the molecule is CC1(C)CC[C@@](C)(c2cccc(O)c2)N1[O]. The van der Waals surface area contributed by atoms with Crippen molar-refractivity contribution in [3.8, 4) is 5.75 Å². The van der Waals surface area contributed by atoms with Crippen molar-refractivity contribution in [1.29, 1.82) is 0 Å². The summed E-state index contributed by atoms with van der Waals surface area (Å²) in [7, 11) is 0. The predicted octanol–water partition coefficient (Wildman–Crippen LogP) is 2.83. The van der Waals surface area contributed by atoms with Crippen LogP contribution in [0.15, 0.2) is 24.3 Å². The lowest BCUT2D eigenvalue weighted by atomic mass is 9.90. The third-order valence-corrected chi connectivity index (χ3v) is 3.69. The molecular weight excluding hydrogens is 202 g/mol. The third kappa shape index (κ3) is 1.60. The average Bonchev–Trinajstić information content (AvgIpc) is 2.44. The van der Waals surface area contributed by atoms with Crippen molar-refractivity contribution in [2.45, 2.75) is 44.7 Å². The molecule has 0 saturated carbocycles. The first-order valence-electron chi connectivity index (χ1n) is 5.63. The van der Waals surface area contributed by atoms with E-state index < -0.39 is 5.54 Å². The maximum atomic E-state index is 12.3. The van der Waals surface area contributed by atoms with Crippen LogP contribution in [0.4, 0.5) is 0 Å². The largest absolute Gasteiger partial charge is 0.508 e. The van der Waals surface area contributed by atoms with Crippen LogP contribution in [0.2, 0.25) is 0 Å². The number of phenolic OH excluding ortho intramolecular Hbond substituents is 1. The fraction of sp³-hybridized carbons (Fsp3) is 0.538. The van der Waals surface area contributed by atoms with Gasteiger partial charge in [-0.15, -0.1) is 10.3 Å². The second-order valence-electron chi connectivity index (χ2n) is 5.43. The Morgan fingerprint density at radius 3 is 2.44 bits per heavy atom. The zero-order valence-electron chi connectivity index (χ0n) is 10.0. The molecule has 1 atom stereocenters. The molecular formula is C13H18NO2. The van der Waals surface area contributed by atoms with Crippen molar-refractivity contribution in [2.75, 3.05) is 0 Å². The summed E-state index contributed by atoms with van der Waals surface area (Å²) < 4.78 is 0. The van der Waals surface area contributed by atoms with Crippen molar-refractivity contribution in [3.05, 3.63) is 29.8 Å². The predicted molar refractivity (Wildman–Crippen MR) is 61.3 cm³/mol. The number of benzene rings is 1. The smallest absolute Gasteiger partial charge is 0.115 e. The molecule has 1 N–H and O–H groups in total.